The molecule has 0 aromatic heterocycles. The van der Waals surface area contributed by atoms with E-state index in [-0.39, 0.29) is 11.3 Å². The van der Waals surface area contributed by atoms with Gasteiger partial charge in [-0.3, -0.25) is 14.9 Å². The van der Waals surface area contributed by atoms with Gasteiger partial charge in [-0.15, -0.1) is 0 Å². The van der Waals surface area contributed by atoms with Crippen molar-refractivity contribution in [2.24, 2.45) is 0 Å². The van der Waals surface area contributed by atoms with E-state index < -0.39 is 16.4 Å². The molecular formula is C12H15BrN2O3. The Kier molecular flexibility index (Phi) is 4.45. The number of benzene rings is 1. The number of carbonyl (C=O) groups excluding carboxylic acids is 1. The molecule has 0 radical (unpaired) electrons. The van der Waals surface area contributed by atoms with E-state index in [2.05, 4.69) is 21.2 Å². The second-order valence-electron chi connectivity index (χ2n) is 4.75. The maximum atomic E-state index is 12.1. The highest BCUT2D eigenvalue weighted by Crippen LogP contribution is 2.20. The van der Waals surface area contributed by atoms with Crippen molar-refractivity contribution >= 4 is 27.5 Å². The van der Waals surface area contributed by atoms with Gasteiger partial charge in [0, 0.05) is 16.9 Å². The summed E-state index contributed by atoms with van der Waals surface area (Å²) in [5, 5.41) is 14.2. The van der Waals surface area contributed by atoms with Crippen LogP contribution in [0.3, 0.4) is 0 Å². The topological polar surface area (TPSA) is 72.2 Å². The number of nitrogens with one attached hydrogen (secondary N) is 1. The molecule has 0 saturated heterocycles. The normalized spacial score (nSPS) is 11.1. The van der Waals surface area contributed by atoms with Crippen LogP contribution in [0.5, 0.6) is 0 Å². The minimum atomic E-state index is -0.546. The first-order valence-electron chi connectivity index (χ1n) is 5.40. The highest BCUT2D eigenvalue weighted by atomic mass is 79.9. The molecule has 1 amide bonds. The zero-order valence-corrected chi connectivity index (χ0v) is 12.1. The average molecular weight is 315 g/mol. The van der Waals surface area contributed by atoms with Gasteiger partial charge in [-0.05, 0) is 32.4 Å². The molecule has 0 heterocycles. The maximum Gasteiger partial charge on any atom is 0.282 e. The van der Waals surface area contributed by atoms with Crippen molar-refractivity contribution in [3.8, 4) is 0 Å². The Balaban J connectivity index is 3.12. The number of alkyl halides is 1. The van der Waals surface area contributed by atoms with Crippen molar-refractivity contribution < 1.29 is 9.72 Å². The molecule has 0 bridgehead atoms. The van der Waals surface area contributed by atoms with Crippen molar-refractivity contribution in [2.45, 2.75) is 26.3 Å². The number of nitrogens with zero attached hydrogens (tertiary/aromatic N) is 1. The summed E-state index contributed by atoms with van der Waals surface area (Å²) >= 11 is 3.29. The monoisotopic (exact) mass is 314 g/mol. The molecule has 1 rings (SSSR count). The summed E-state index contributed by atoms with van der Waals surface area (Å²) in [5.74, 6) is -0.435. The number of nitro groups is 1. The Bertz CT molecular complexity index is 486. The lowest BCUT2D eigenvalue weighted by molar-refractivity contribution is -0.385. The van der Waals surface area contributed by atoms with Gasteiger partial charge in [0.15, 0.2) is 0 Å². The molecule has 0 fully saturated rings. The maximum absolute atomic E-state index is 12.1. The average Bonchev–Trinajstić information content (AvgIpc) is 2.28. The quantitative estimate of drug-likeness (QED) is 0.527. The first-order chi connectivity index (χ1) is 8.26. The van der Waals surface area contributed by atoms with Gasteiger partial charge in [0.2, 0.25) is 0 Å². The van der Waals surface area contributed by atoms with Crippen LogP contribution in [0.1, 0.15) is 29.8 Å². The van der Waals surface area contributed by atoms with E-state index in [0.717, 1.165) is 5.56 Å². The van der Waals surface area contributed by atoms with E-state index in [4.69, 9.17) is 0 Å². The van der Waals surface area contributed by atoms with Gasteiger partial charge in [0.1, 0.15) is 5.56 Å². The van der Waals surface area contributed by atoms with E-state index in [1.165, 1.54) is 12.1 Å². The first kappa shape index (κ1) is 14.6. The van der Waals surface area contributed by atoms with Gasteiger partial charge in [-0.2, -0.15) is 0 Å². The lowest BCUT2D eigenvalue weighted by Gasteiger charge is -2.23. The second kappa shape index (κ2) is 5.48. The van der Waals surface area contributed by atoms with Crippen LogP contribution in [0.25, 0.3) is 0 Å². The number of amides is 1. The Hall–Kier alpha value is -1.43. The standard InChI is InChI=1S/C12H15BrN2O3/c1-8-4-5-10(15(17)18)9(6-8)11(16)14-12(2,3)7-13/h4-6H,7H2,1-3H3,(H,14,16). The van der Waals surface area contributed by atoms with Gasteiger partial charge in [-0.1, -0.05) is 22.0 Å². The van der Waals surface area contributed by atoms with Crippen LogP contribution in [-0.2, 0) is 0 Å². The van der Waals surface area contributed by atoms with Crippen LogP contribution in [0.4, 0.5) is 5.69 Å². The number of rotatable bonds is 4. The number of halogens is 1. The second-order valence-corrected chi connectivity index (χ2v) is 5.31. The molecule has 0 aliphatic rings. The van der Waals surface area contributed by atoms with Crippen molar-refractivity contribution in [2.75, 3.05) is 5.33 Å². The van der Waals surface area contributed by atoms with Gasteiger partial charge in [0.05, 0.1) is 4.92 Å². The molecule has 1 N–H and O–H groups in total. The fraction of sp³-hybridized carbons (Fsp3) is 0.417. The molecule has 0 atom stereocenters. The fourth-order valence-electron chi connectivity index (χ4n) is 1.40. The molecule has 18 heavy (non-hydrogen) atoms. The first-order valence-corrected chi connectivity index (χ1v) is 6.52. The third-order valence-corrected chi connectivity index (χ3v) is 3.78. The number of aryl methyl sites for hydroxylation is 1. The van der Waals surface area contributed by atoms with Gasteiger partial charge >= 0.3 is 0 Å². The van der Waals surface area contributed by atoms with E-state index in [1.807, 2.05) is 13.8 Å². The molecule has 1 aromatic carbocycles. The highest BCUT2D eigenvalue weighted by molar-refractivity contribution is 9.09. The molecular weight excluding hydrogens is 300 g/mol. The number of nitro benzene ring substituents is 1. The van der Waals surface area contributed by atoms with E-state index >= 15 is 0 Å². The van der Waals surface area contributed by atoms with Crippen LogP contribution in [0.2, 0.25) is 0 Å². The SMILES string of the molecule is Cc1ccc([N+](=O)[O-])c(C(=O)NC(C)(C)CBr)c1. The zero-order chi connectivity index (χ0) is 13.9. The number of hydrogen-bond donors (Lipinski definition) is 1. The summed E-state index contributed by atoms with van der Waals surface area (Å²) < 4.78 is 0. The van der Waals surface area contributed by atoms with Gasteiger partial charge < -0.3 is 5.32 Å². The van der Waals surface area contributed by atoms with Crippen molar-refractivity contribution in [3.05, 3.63) is 39.4 Å². The van der Waals surface area contributed by atoms with E-state index in [9.17, 15) is 14.9 Å². The van der Waals surface area contributed by atoms with Crippen molar-refractivity contribution in [1.29, 1.82) is 0 Å². The molecule has 1 aromatic rings. The summed E-state index contributed by atoms with van der Waals surface area (Å²) in [6.45, 7) is 5.46. The van der Waals surface area contributed by atoms with Crippen molar-refractivity contribution in [1.82, 2.24) is 5.32 Å². The van der Waals surface area contributed by atoms with Crippen LogP contribution in [0.15, 0.2) is 18.2 Å². The summed E-state index contributed by atoms with van der Waals surface area (Å²) in [6.07, 6.45) is 0. The minimum Gasteiger partial charge on any atom is -0.346 e. The summed E-state index contributed by atoms with van der Waals surface area (Å²) in [6, 6.07) is 4.49. The van der Waals surface area contributed by atoms with Crippen LogP contribution >= 0.6 is 15.9 Å². The number of hydrogen-bond acceptors (Lipinski definition) is 3. The molecule has 98 valence electrons. The van der Waals surface area contributed by atoms with Crippen LogP contribution in [-0.4, -0.2) is 21.7 Å². The smallest absolute Gasteiger partial charge is 0.282 e. The zero-order valence-electron chi connectivity index (χ0n) is 10.5. The highest BCUT2D eigenvalue weighted by Gasteiger charge is 2.25. The van der Waals surface area contributed by atoms with Crippen molar-refractivity contribution in [3.63, 3.8) is 0 Å². The molecule has 6 heteroatoms. The van der Waals surface area contributed by atoms with E-state index in [1.54, 1.807) is 13.0 Å². The molecule has 0 unspecified atom stereocenters. The third kappa shape index (κ3) is 3.53. The summed E-state index contributed by atoms with van der Waals surface area (Å²) in [7, 11) is 0. The van der Waals surface area contributed by atoms with Gasteiger partial charge in [-0.25, -0.2) is 0 Å². The van der Waals surface area contributed by atoms with Gasteiger partial charge in [0.25, 0.3) is 11.6 Å². The van der Waals surface area contributed by atoms with Crippen LogP contribution < -0.4 is 5.32 Å². The molecule has 0 aliphatic carbocycles. The summed E-state index contributed by atoms with van der Waals surface area (Å²) in [4.78, 5) is 22.4. The Morgan fingerprint density at radius 3 is 2.61 bits per heavy atom. The molecule has 0 aliphatic heterocycles. The lowest BCUT2D eigenvalue weighted by atomic mass is 10.1. The minimum absolute atomic E-state index is 0.0917. The fourth-order valence-corrected chi connectivity index (χ4v) is 1.54. The predicted molar refractivity (Wildman–Crippen MR) is 73.2 cm³/mol. The van der Waals surface area contributed by atoms with Crippen LogP contribution in [0, 0.1) is 17.0 Å². The molecule has 0 spiro atoms. The largest absolute Gasteiger partial charge is 0.346 e. The Labute approximate surface area is 114 Å². The van der Waals surface area contributed by atoms with E-state index in [0.29, 0.717) is 5.33 Å². The molecule has 0 saturated carbocycles. The predicted octanol–water partition coefficient (Wildman–Crippen LogP) is 2.81. The Morgan fingerprint density at radius 1 is 1.50 bits per heavy atom. The number of carbonyl (C=O) groups is 1. The Morgan fingerprint density at radius 2 is 2.11 bits per heavy atom. The summed E-state index contributed by atoms with van der Waals surface area (Å²) in [5.41, 5.74) is 0.259. The molecule has 5 nitrogen and oxygen atoms in total. The lowest BCUT2D eigenvalue weighted by Crippen LogP contribution is -2.44. The third-order valence-electron chi connectivity index (χ3n) is 2.38.